The average Bonchev–Trinajstić information content (AvgIpc) is 3.63. The first-order valence-corrected chi connectivity index (χ1v) is 14.8. The minimum absolute atomic E-state index is 0.137. The van der Waals surface area contributed by atoms with E-state index in [1.54, 1.807) is 0 Å². The second-order valence-electron chi connectivity index (χ2n) is 12.3. The topological polar surface area (TPSA) is 74.9 Å². The smallest absolute Gasteiger partial charge is 0.324 e. The van der Waals surface area contributed by atoms with Gasteiger partial charge in [-0.2, -0.15) is 4.98 Å². The molecule has 2 aliphatic heterocycles. The van der Waals surface area contributed by atoms with Crippen molar-refractivity contribution in [1.82, 2.24) is 19.9 Å². The monoisotopic (exact) mass is 535 g/mol. The summed E-state index contributed by atoms with van der Waals surface area (Å²) in [5.41, 5.74) is 2.60. The zero-order valence-corrected chi connectivity index (χ0v) is 24.1. The third-order valence-electron chi connectivity index (χ3n) is 8.52. The first-order valence-electron chi connectivity index (χ1n) is 14.8. The van der Waals surface area contributed by atoms with Crippen LogP contribution in [0.4, 0.5) is 6.01 Å². The lowest BCUT2D eigenvalue weighted by Crippen LogP contribution is -2.36. The Bertz CT molecular complexity index is 1120. The zero-order valence-electron chi connectivity index (χ0n) is 24.1. The van der Waals surface area contributed by atoms with Gasteiger partial charge in [-0.15, -0.1) is 0 Å². The lowest BCUT2D eigenvalue weighted by atomic mass is 9.86. The minimum atomic E-state index is 0.137. The van der Waals surface area contributed by atoms with E-state index in [-0.39, 0.29) is 11.8 Å². The molecule has 1 amide bonds. The summed E-state index contributed by atoms with van der Waals surface area (Å²) >= 11 is 0. The van der Waals surface area contributed by atoms with Crippen LogP contribution in [0.15, 0.2) is 34.9 Å². The molecule has 0 spiro atoms. The van der Waals surface area contributed by atoms with Gasteiger partial charge in [0.15, 0.2) is 5.82 Å². The lowest BCUT2D eigenvalue weighted by Gasteiger charge is -2.30. The van der Waals surface area contributed by atoms with Crippen molar-refractivity contribution in [2.75, 3.05) is 58.3 Å². The number of carbonyl (C=O) groups is 1. The molecule has 2 saturated heterocycles. The van der Waals surface area contributed by atoms with E-state index in [1.165, 1.54) is 11.1 Å². The molecule has 2 aromatic rings. The number of allylic oxidation sites excluding steroid dienone is 2. The van der Waals surface area contributed by atoms with E-state index < -0.39 is 0 Å². The highest BCUT2D eigenvalue weighted by molar-refractivity contribution is 5.81. The van der Waals surface area contributed by atoms with Gasteiger partial charge >= 0.3 is 6.01 Å². The summed E-state index contributed by atoms with van der Waals surface area (Å²) in [5, 5.41) is 4.09. The summed E-state index contributed by atoms with van der Waals surface area (Å²) in [4.78, 5) is 24.2. The number of carbonyl (C=O) groups excluding carboxylic acids is 1. The van der Waals surface area contributed by atoms with E-state index in [4.69, 9.17) is 9.26 Å². The number of hydrogen-bond donors (Lipinski definition) is 0. The number of nitrogens with zero attached hydrogens (tertiary/aromatic N) is 5. The molecule has 0 saturated carbocycles. The highest BCUT2D eigenvalue weighted by atomic mass is 16.5. The van der Waals surface area contributed by atoms with Crippen LogP contribution >= 0.6 is 0 Å². The molecule has 2 unspecified atom stereocenters. The Morgan fingerprint density at radius 3 is 2.46 bits per heavy atom. The molecular formula is C31H45N5O3. The molecule has 3 heterocycles. The Kier molecular flexibility index (Phi) is 8.90. The Hall–Kier alpha value is -2.87. The summed E-state index contributed by atoms with van der Waals surface area (Å²) < 4.78 is 11.6. The van der Waals surface area contributed by atoms with Crippen LogP contribution in [0.3, 0.4) is 0 Å². The number of hydrogen-bond acceptors (Lipinski definition) is 7. The normalized spacial score (nSPS) is 22.6. The fourth-order valence-corrected chi connectivity index (χ4v) is 6.14. The Morgan fingerprint density at radius 1 is 1.08 bits per heavy atom. The van der Waals surface area contributed by atoms with Gasteiger partial charge in [-0.3, -0.25) is 4.79 Å². The van der Waals surface area contributed by atoms with Crippen LogP contribution in [-0.2, 0) is 4.79 Å². The molecule has 39 heavy (non-hydrogen) atoms. The van der Waals surface area contributed by atoms with Gasteiger partial charge in [-0.25, -0.2) is 0 Å². The van der Waals surface area contributed by atoms with Gasteiger partial charge < -0.3 is 24.0 Å². The fourth-order valence-electron chi connectivity index (χ4n) is 6.14. The molecule has 5 rings (SSSR count). The molecule has 0 radical (unpaired) electrons. The van der Waals surface area contributed by atoms with Crippen molar-refractivity contribution in [3.8, 4) is 5.75 Å². The highest BCUT2D eigenvalue weighted by Crippen LogP contribution is 2.33. The number of ether oxygens (including phenoxy) is 1. The largest absolute Gasteiger partial charge is 0.493 e. The number of rotatable bonds is 9. The van der Waals surface area contributed by atoms with E-state index in [0.717, 1.165) is 89.4 Å². The van der Waals surface area contributed by atoms with Crippen LogP contribution in [0.25, 0.3) is 5.57 Å². The van der Waals surface area contributed by atoms with E-state index in [0.29, 0.717) is 23.8 Å². The molecule has 1 aromatic heterocycles. The number of likely N-dealkylation sites (tertiary alicyclic amines) is 1. The SMILES string of the molecule is CC(C)c1noc(N2CCC(COc3ccc(C4=CCC(C(=O)N5CCC(CN(C)C)C5)CC4)cc3)CC2)n1. The predicted molar refractivity (Wildman–Crippen MR) is 154 cm³/mol. The molecule has 212 valence electrons. The highest BCUT2D eigenvalue weighted by Gasteiger charge is 2.32. The van der Waals surface area contributed by atoms with Crippen LogP contribution in [0, 0.1) is 17.8 Å². The summed E-state index contributed by atoms with van der Waals surface area (Å²) in [6.07, 6.45) is 8.28. The first-order chi connectivity index (χ1) is 18.9. The minimum Gasteiger partial charge on any atom is -0.493 e. The van der Waals surface area contributed by atoms with E-state index in [2.05, 4.69) is 83.1 Å². The number of amides is 1. The van der Waals surface area contributed by atoms with Crippen LogP contribution < -0.4 is 9.64 Å². The van der Waals surface area contributed by atoms with Gasteiger partial charge in [-0.05, 0) is 87.7 Å². The third kappa shape index (κ3) is 7.02. The van der Waals surface area contributed by atoms with E-state index >= 15 is 0 Å². The Morgan fingerprint density at radius 2 is 1.82 bits per heavy atom. The number of piperidine rings is 1. The summed E-state index contributed by atoms with van der Waals surface area (Å²) in [6, 6.07) is 9.15. The lowest BCUT2D eigenvalue weighted by molar-refractivity contribution is -0.134. The van der Waals surface area contributed by atoms with Crippen molar-refractivity contribution in [2.24, 2.45) is 17.8 Å². The average molecular weight is 536 g/mol. The molecule has 1 aromatic carbocycles. The van der Waals surface area contributed by atoms with E-state index in [1.807, 2.05) is 0 Å². The van der Waals surface area contributed by atoms with Gasteiger partial charge in [-0.1, -0.05) is 37.2 Å². The number of anilines is 1. The molecule has 0 bridgehead atoms. The summed E-state index contributed by atoms with van der Waals surface area (Å²) in [5.74, 6) is 3.60. The van der Waals surface area contributed by atoms with Gasteiger partial charge in [0.1, 0.15) is 5.75 Å². The maximum Gasteiger partial charge on any atom is 0.324 e. The summed E-state index contributed by atoms with van der Waals surface area (Å²) in [6.45, 7) is 9.62. The zero-order chi connectivity index (χ0) is 27.4. The van der Waals surface area contributed by atoms with Crippen LogP contribution in [0.1, 0.15) is 69.7 Å². The Labute approximate surface area is 233 Å². The molecule has 2 atom stereocenters. The van der Waals surface area contributed by atoms with E-state index in [9.17, 15) is 4.79 Å². The molecule has 1 aliphatic carbocycles. The molecule has 8 heteroatoms. The second kappa shape index (κ2) is 12.5. The number of aromatic nitrogens is 2. The molecule has 2 fully saturated rings. The fraction of sp³-hybridized carbons (Fsp3) is 0.645. The maximum atomic E-state index is 13.1. The summed E-state index contributed by atoms with van der Waals surface area (Å²) in [7, 11) is 4.23. The molecule has 3 aliphatic rings. The van der Waals surface area contributed by atoms with Crippen LogP contribution in [-0.4, -0.2) is 79.3 Å². The standard InChI is InChI=1S/C31H45N5O3/c1-22(2)29-32-31(39-33-29)35-16-13-23(14-17-35)21-38-28-11-9-26(10-12-28)25-5-7-27(8-6-25)30(37)36-18-15-24(20-36)19-34(3)4/h5,9-12,22-24,27H,6-8,13-21H2,1-4H3. The van der Waals surface area contributed by atoms with Crippen molar-refractivity contribution in [2.45, 2.75) is 58.3 Å². The van der Waals surface area contributed by atoms with Gasteiger partial charge in [0.05, 0.1) is 6.61 Å². The number of benzene rings is 1. The third-order valence-corrected chi connectivity index (χ3v) is 8.52. The second-order valence-corrected chi connectivity index (χ2v) is 12.3. The maximum absolute atomic E-state index is 13.1. The van der Waals surface area contributed by atoms with Gasteiger partial charge in [0.2, 0.25) is 5.91 Å². The predicted octanol–water partition coefficient (Wildman–Crippen LogP) is 5.08. The van der Waals surface area contributed by atoms with Gasteiger partial charge in [0.25, 0.3) is 0 Å². The van der Waals surface area contributed by atoms with Crippen molar-refractivity contribution in [3.05, 3.63) is 41.7 Å². The Balaban J connectivity index is 1.05. The van der Waals surface area contributed by atoms with Crippen molar-refractivity contribution in [1.29, 1.82) is 0 Å². The first kappa shape index (κ1) is 27.7. The molecule has 8 nitrogen and oxygen atoms in total. The van der Waals surface area contributed by atoms with Crippen molar-refractivity contribution in [3.63, 3.8) is 0 Å². The van der Waals surface area contributed by atoms with Crippen molar-refractivity contribution >= 4 is 17.5 Å². The van der Waals surface area contributed by atoms with Gasteiger partial charge in [0, 0.05) is 44.6 Å². The quantitative estimate of drug-likeness (QED) is 0.443. The molecular weight excluding hydrogens is 490 g/mol. The van der Waals surface area contributed by atoms with Crippen LogP contribution in [0.5, 0.6) is 5.75 Å². The van der Waals surface area contributed by atoms with Crippen LogP contribution in [0.2, 0.25) is 0 Å². The molecule has 0 N–H and O–H groups in total. The van der Waals surface area contributed by atoms with Crippen molar-refractivity contribution < 1.29 is 14.1 Å².